The molecular formula is C11H11ClN4O2S3. The van der Waals surface area contributed by atoms with E-state index < -0.39 is 16.1 Å². The summed E-state index contributed by atoms with van der Waals surface area (Å²) in [5.74, 6) is 0. The number of aryl methyl sites for hydroxylation is 1. The Balaban J connectivity index is 1.97. The van der Waals surface area contributed by atoms with Gasteiger partial charge in [0.25, 0.3) is 10.0 Å². The van der Waals surface area contributed by atoms with Crippen LogP contribution in [0.5, 0.6) is 0 Å². The first-order valence-corrected chi connectivity index (χ1v) is 9.50. The molecule has 3 aromatic rings. The van der Waals surface area contributed by atoms with E-state index in [1.807, 2.05) is 6.92 Å². The second-order valence-electron chi connectivity index (χ2n) is 4.42. The van der Waals surface area contributed by atoms with E-state index in [2.05, 4.69) is 14.7 Å². The molecule has 3 heterocycles. The van der Waals surface area contributed by atoms with Gasteiger partial charge in [-0.25, -0.2) is 23.1 Å². The van der Waals surface area contributed by atoms with Gasteiger partial charge in [-0.05, 0) is 13.8 Å². The average molecular weight is 363 g/mol. The number of aromatic nitrogens is 3. The number of fused-ring (bicyclic) bond motifs is 1. The highest BCUT2D eigenvalue weighted by Crippen LogP contribution is 2.27. The number of hydrogen-bond acceptors (Lipinski definition) is 6. The van der Waals surface area contributed by atoms with Crippen LogP contribution in [0.25, 0.3) is 4.96 Å². The van der Waals surface area contributed by atoms with Crippen molar-refractivity contribution in [3.8, 4) is 0 Å². The highest BCUT2D eigenvalue weighted by Gasteiger charge is 2.27. The van der Waals surface area contributed by atoms with E-state index in [9.17, 15) is 8.42 Å². The normalized spacial score (nSPS) is 13.9. The summed E-state index contributed by atoms with van der Waals surface area (Å²) in [4.78, 5) is 9.80. The quantitative estimate of drug-likeness (QED) is 0.774. The van der Waals surface area contributed by atoms with E-state index in [1.165, 1.54) is 27.1 Å². The van der Waals surface area contributed by atoms with Crippen LogP contribution < -0.4 is 4.72 Å². The van der Waals surface area contributed by atoms with Crippen molar-refractivity contribution in [2.24, 2.45) is 0 Å². The second-order valence-corrected chi connectivity index (χ2v) is 8.54. The van der Waals surface area contributed by atoms with E-state index in [0.717, 1.165) is 4.88 Å². The maximum Gasteiger partial charge on any atom is 0.260 e. The number of nitrogens with zero attached hydrogens (tertiary/aromatic N) is 3. The molecule has 21 heavy (non-hydrogen) atoms. The average Bonchev–Trinajstić information content (AvgIpc) is 3.03. The first-order valence-electron chi connectivity index (χ1n) is 5.94. The van der Waals surface area contributed by atoms with Crippen molar-refractivity contribution in [2.45, 2.75) is 24.9 Å². The maximum atomic E-state index is 12.5. The van der Waals surface area contributed by atoms with Gasteiger partial charge >= 0.3 is 0 Å². The molecule has 1 N–H and O–H groups in total. The molecule has 0 amide bonds. The molecule has 0 saturated carbocycles. The zero-order valence-electron chi connectivity index (χ0n) is 11.1. The monoisotopic (exact) mass is 362 g/mol. The van der Waals surface area contributed by atoms with Crippen LogP contribution in [-0.2, 0) is 10.0 Å². The minimum Gasteiger partial charge on any atom is -0.279 e. The van der Waals surface area contributed by atoms with Gasteiger partial charge in [0.2, 0.25) is 0 Å². The Kier molecular flexibility index (Phi) is 3.78. The van der Waals surface area contributed by atoms with Crippen molar-refractivity contribution in [3.05, 3.63) is 32.8 Å². The van der Waals surface area contributed by atoms with E-state index in [4.69, 9.17) is 11.6 Å². The summed E-state index contributed by atoms with van der Waals surface area (Å²) in [6.07, 6.45) is 3.35. The van der Waals surface area contributed by atoms with E-state index in [0.29, 0.717) is 9.97 Å². The van der Waals surface area contributed by atoms with Crippen molar-refractivity contribution < 1.29 is 8.42 Å². The van der Waals surface area contributed by atoms with Crippen molar-refractivity contribution in [2.75, 3.05) is 0 Å². The third-order valence-electron chi connectivity index (χ3n) is 2.77. The highest BCUT2D eigenvalue weighted by atomic mass is 35.5. The van der Waals surface area contributed by atoms with Crippen LogP contribution in [-0.4, -0.2) is 22.8 Å². The lowest BCUT2D eigenvalue weighted by Crippen LogP contribution is -2.28. The number of rotatable bonds is 4. The number of halogens is 1. The Hall–Kier alpha value is -1.00. The fraction of sp³-hybridized carbons (Fsp3) is 0.273. The Morgan fingerprint density at radius 2 is 2.24 bits per heavy atom. The van der Waals surface area contributed by atoms with Crippen LogP contribution in [0.15, 0.2) is 22.8 Å². The predicted octanol–water partition coefficient (Wildman–Crippen LogP) is 2.85. The lowest BCUT2D eigenvalue weighted by atomic mass is 10.4. The molecule has 3 rings (SSSR count). The van der Waals surface area contributed by atoms with Crippen LogP contribution in [0, 0.1) is 6.92 Å². The largest absolute Gasteiger partial charge is 0.279 e. The molecule has 0 fully saturated rings. The molecular weight excluding hydrogens is 352 g/mol. The molecule has 0 aliphatic heterocycles. The van der Waals surface area contributed by atoms with Crippen LogP contribution in [0.2, 0.25) is 5.15 Å². The van der Waals surface area contributed by atoms with Gasteiger partial charge in [-0.3, -0.25) is 4.40 Å². The van der Waals surface area contributed by atoms with Gasteiger partial charge in [0.1, 0.15) is 5.01 Å². The summed E-state index contributed by atoms with van der Waals surface area (Å²) >= 11 is 8.74. The summed E-state index contributed by atoms with van der Waals surface area (Å²) in [6, 6.07) is -0.436. The standard InChI is InChI=1S/C11H11ClN4O2S3/c1-6-5-13-9(20-6)7(2)15-21(17,18)10-8(12)14-11-16(10)3-4-19-11/h3-5,7,15H,1-2H3. The number of hydrogen-bond donors (Lipinski definition) is 1. The molecule has 112 valence electrons. The van der Waals surface area contributed by atoms with Crippen LogP contribution in [0.4, 0.5) is 0 Å². The molecule has 0 spiro atoms. The summed E-state index contributed by atoms with van der Waals surface area (Å²) < 4.78 is 29.1. The number of imidazole rings is 1. The smallest absolute Gasteiger partial charge is 0.260 e. The molecule has 1 unspecified atom stereocenters. The lowest BCUT2D eigenvalue weighted by molar-refractivity contribution is 0.561. The van der Waals surface area contributed by atoms with Gasteiger partial charge in [0.15, 0.2) is 15.1 Å². The fourth-order valence-electron chi connectivity index (χ4n) is 1.89. The third kappa shape index (κ3) is 2.71. The third-order valence-corrected chi connectivity index (χ3v) is 6.57. The van der Waals surface area contributed by atoms with Gasteiger partial charge in [0, 0.05) is 22.7 Å². The van der Waals surface area contributed by atoms with Crippen molar-refractivity contribution in [3.63, 3.8) is 0 Å². The summed E-state index contributed by atoms with van der Waals surface area (Å²) in [5, 5.41) is 2.39. The summed E-state index contributed by atoms with van der Waals surface area (Å²) in [7, 11) is -3.79. The van der Waals surface area contributed by atoms with Gasteiger partial charge in [-0.15, -0.1) is 22.7 Å². The van der Waals surface area contributed by atoms with Crippen LogP contribution in [0.3, 0.4) is 0 Å². The SMILES string of the molecule is Cc1cnc(C(C)NS(=O)(=O)c2c(Cl)nc3sccn23)s1. The summed E-state index contributed by atoms with van der Waals surface area (Å²) in [5.41, 5.74) is 0. The van der Waals surface area contributed by atoms with Crippen LogP contribution in [0.1, 0.15) is 22.9 Å². The molecule has 10 heteroatoms. The topological polar surface area (TPSA) is 76.4 Å². The van der Waals surface area contributed by atoms with Crippen molar-refractivity contribution in [1.29, 1.82) is 0 Å². The van der Waals surface area contributed by atoms with E-state index in [-0.39, 0.29) is 10.2 Å². The molecule has 0 bridgehead atoms. The zero-order chi connectivity index (χ0) is 15.2. The zero-order valence-corrected chi connectivity index (χ0v) is 14.3. The molecule has 0 aliphatic rings. The van der Waals surface area contributed by atoms with Gasteiger partial charge in [-0.2, -0.15) is 0 Å². The minimum absolute atomic E-state index is 0.0307. The molecule has 0 aromatic carbocycles. The number of thiazole rings is 2. The highest BCUT2D eigenvalue weighted by molar-refractivity contribution is 7.89. The maximum absolute atomic E-state index is 12.5. The van der Waals surface area contributed by atoms with E-state index in [1.54, 1.807) is 24.7 Å². The second kappa shape index (κ2) is 5.33. The minimum atomic E-state index is -3.79. The first kappa shape index (κ1) is 14.9. The Morgan fingerprint density at radius 3 is 2.90 bits per heavy atom. The van der Waals surface area contributed by atoms with E-state index >= 15 is 0 Å². The van der Waals surface area contributed by atoms with Crippen LogP contribution >= 0.6 is 34.3 Å². The van der Waals surface area contributed by atoms with Gasteiger partial charge in [-0.1, -0.05) is 11.6 Å². The summed E-state index contributed by atoms with van der Waals surface area (Å²) in [6.45, 7) is 3.67. The fourth-order valence-corrected chi connectivity index (χ4v) is 5.40. The molecule has 0 saturated heterocycles. The Bertz CT molecular complexity index is 896. The van der Waals surface area contributed by atoms with Gasteiger partial charge in [0.05, 0.1) is 6.04 Å². The van der Waals surface area contributed by atoms with Crippen molar-refractivity contribution >= 4 is 49.3 Å². The first-order chi connectivity index (χ1) is 9.88. The Morgan fingerprint density at radius 1 is 1.48 bits per heavy atom. The van der Waals surface area contributed by atoms with Gasteiger partial charge < -0.3 is 0 Å². The van der Waals surface area contributed by atoms with Crippen molar-refractivity contribution in [1.82, 2.24) is 19.1 Å². The number of nitrogens with one attached hydrogen (secondary N) is 1. The molecule has 0 aliphatic carbocycles. The predicted molar refractivity (Wildman–Crippen MR) is 83.7 cm³/mol. The molecule has 3 aromatic heterocycles. The Labute approximate surface area is 134 Å². The lowest BCUT2D eigenvalue weighted by Gasteiger charge is -2.11. The number of sulfonamides is 1. The molecule has 0 radical (unpaired) electrons. The molecule has 6 nitrogen and oxygen atoms in total. The molecule has 1 atom stereocenters.